The van der Waals surface area contributed by atoms with Crippen molar-refractivity contribution in [3.63, 3.8) is 0 Å². The molecule has 0 saturated heterocycles. The maximum absolute atomic E-state index is 11.0. The molecule has 12 heavy (non-hydrogen) atoms. The summed E-state index contributed by atoms with van der Waals surface area (Å²) in [5, 5.41) is 7.90. The van der Waals surface area contributed by atoms with Crippen LogP contribution >= 0.6 is 11.8 Å². The van der Waals surface area contributed by atoms with Gasteiger partial charge in [-0.2, -0.15) is 0 Å². The van der Waals surface area contributed by atoms with Crippen molar-refractivity contribution in [1.82, 2.24) is 0 Å². The zero-order chi connectivity index (χ0) is 8.97. The Morgan fingerprint density at radius 1 is 1.58 bits per heavy atom. The minimum atomic E-state index is -1.01. The topological polar surface area (TPSA) is 67.5 Å². The minimum absolute atomic E-state index is 0.182. The summed E-state index contributed by atoms with van der Waals surface area (Å²) < 4.78 is 4.76. The molecule has 0 aliphatic heterocycles. The van der Waals surface area contributed by atoms with Crippen LogP contribution in [0.2, 0.25) is 0 Å². The predicted molar refractivity (Wildman–Crippen MR) is 43.1 cm³/mol. The average molecular weight is 186 g/mol. The van der Waals surface area contributed by atoms with E-state index < -0.39 is 5.97 Å². The smallest absolute Gasteiger partial charge is 0.313 e. The molecule has 0 atom stereocenters. The van der Waals surface area contributed by atoms with Crippen molar-refractivity contribution in [3.05, 3.63) is 24.2 Å². The fourth-order valence-electron chi connectivity index (χ4n) is 0.593. The number of rotatable bonds is 3. The molecule has 5 heteroatoms. The zero-order valence-electron chi connectivity index (χ0n) is 6.02. The van der Waals surface area contributed by atoms with Crippen LogP contribution in [0.15, 0.2) is 22.8 Å². The van der Waals surface area contributed by atoms with E-state index in [1.807, 2.05) is 0 Å². The third kappa shape index (κ3) is 2.43. The van der Waals surface area contributed by atoms with Crippen molar-refractivity contribution >= 4 is 22.8 Å². The van der Waals surface area contributed by atoms with Gasteiger partial charge in [-0.25, -0.2) is 0 Å². The summed E-state index contributed by atoms with van der Waals surface area (Å²) in [5.41, 5.74) is 0. The Balaban J connectivity index is 2.45. The molecule has 4 nitrogen and oxygen atoms in total. The number of carbonyl (C=O) groups is 2. The molecule has 0 radical (unpaired) electrons. The third-order valence-corrected chi connectivity index (χ3v) is 1.90. The molecule has 0 spiro atoms. The molecule has 0 fully saturated rings. The molecule has 1 aromatic heterocycles. The van der Waals surface area contributed by atoms with Gasteiger partial charge in [0.25, 0.3) is 5.12 Å². The molecule has 1 heterocycles. The molecule has 0 unspecified atom stereocenters. The Morgan fingerprint density at radius 2 is 2.33 bits per heavy atom. The second kappa shape index (κ2) is 3.96. The van der Waals surface area contributed by atoms with Gasteiger partial charge >= 0.3 is 5.97 Å². The molecule has 0 aliphatic rings. The maximum atomic E-state index is 11.0. The number of hydrogen-bond acceptors (Lipinski definition) is 4. The lowest BCUT2D eigenvalue weighted by molar-refractivity contribution is -0.133. The first-order valence-corrected chi connectivity index (χ1v) is 4.11. The molecule has 1 aromatic rings. The van der Waals surface area contributed by atoms with Gasteiger partial charge in [0, 0.05) is 0 Å². The number of furan rings is 1. The number of thioether (sulfide) groups is 1. The molecule has 0 amide bonds. The first kappa shape index (κ1) is 8.86. The largest absolute Gasteiger partial charge is 0.481 e. The van der Waals surface area contributed by atoms with Crippen molar-refractivity contribution in [1.29, 1.82) is 0 Å². The van der Waals surface area contributed by atoms with Crippen LogP contribution in [0, 0.1) is 0 Å². The summed E-state index contributed by atoms with van der Waals surface area (Å²) in [6.45, 7) is 0. The quantitative estimate of drug-likeness (QED) is 0.769. The molecular formula is C7H6O4S. The molecule has 1 N–H and O–H groups in total. The Hall–Kier alpha value is -1.23. The first-order valence-electron chi connectivity index (χ1n) is 3.12. The van der Waals surface area contributed by atoms with Crippen LogP contribution in [0.3, 0.4) is 0 Å². The summed E-state index contributed by atoms with van der Waals surface area (Å²) in [6, 6.07) is 3.08. The van der Waals surface area contributed by atoms with Gasteiger partial charge in [0.2, 0.25) is 0 Å². The second-order valence-corrected chi connectivity index (χ2v) is 2.90. The van der Waals surface area contributed by atoms with Crippen molar-refractivity contribution in [3.8, 4) is 0 Å². The lowest BCUT2D eigenvalue weighted by Gasteiger charge is -1.91. The van der Waals surface area contributed by atoms with E-state index in [1.54, 1.807) is 6.07 Å². The van der Waals surface area contributed by atoms with Crippen LogP contribution in [0.1, 0.15) is 10.6 Å². The summed E-state index contributed by atoms with van der Waals surface area (Å²) in [4.78, 5) is 21.1. The van der Waals surface area contributed by atoms with E-state index >= 15 is 0 Å². The maximum Gasteiger partial charge on any atom is 0.313 e. The van der Waals surface area contributed by atoms with Crippen LogP contribution in [0.4, 0.5) is 0 Å². The molecule has 0 saturated carbocycles. The Morgan fingerprint density at radius 3 is 2.83 bits per heavy atom. The van der Waals surface area contributed by atoms with E-state index in [-0.39, 0.29) is 16.6 Å². The molecular weight excluding hydrogens is 180 g/mol. The summed E-state index contributed by atoms with van der Waals surface area (Å²) >= 11 is 0.710. The van der Waals surface area contributed by atoms with E-state index in [0.29, 0.717) is 11.8 Å². The number of carboxylic acids is 1. The van der Waals surface area contributed by atoms with Crippen molar-refractivity contribution in [2.24, 2.45) is 0 Å². The second-order valence-electron chi connectivity index (χ2n) is 1.95. The Labute approximate surface area is 72.6 Å². The first-order chi connectivity index (χ1) is 5.70. The van der Waals surface area contributed by atoms with E-state index in [9.17, 15) is 9.59 Å². The normalized spacial score (nSPS) is 9.67. The number of hydrogen-bond donors (Lipinski definition) is 1. The monoisotopic (exact) mass is 186 g/mol. The average Bonchev–Trinajstić information content (AvgIpc) is 2.51. The van der Waals surface area contributed by atoms with Gasteiger partial charge in [-0.3, -0.25) is 9.59 Å². The van der Waals surface area contributed by atoms with E-state index in [0.717, 1.165) is 0 Å². The molecule has 0 aromatic carbocycles. The van der Waals surface area contributed by atoms with Crippen molar-refractivity contribution < 1.29 is 19.1 Å². The number of carboxylic acid groups (broad SMARTS) is 1. The Bertz CT molecular complexity index is 278. The standard InChI is InChI=1S/C7H6O4S/c8-6(9)4-12-7(10)5-2-1-3-11-5/h1-3H,4H2,(H,8,9). The fourth-order valence-corrected chi connectivity index (χ4v) is 1.11. The van der Waals surface area contributed by atoms with Crippen LogP contribution in [0.25, 0.3) is 0 Å². The van der Waals surface area contributed by atoms with Crippen LogP contribution in [0.5, 0.6) is 0 Å². The number of carbonyl (C=O) groups excluding carboxylic acids is 1. The van der Waals surface area contributed by atoms with Crippen LogP contribution in [-0.4, -0.2) is 21.9 Å². The van der Waals surface area contributed by atoms with Gasteiger partial charge in [0.1, 0.15) is 0 Å². The van der Waals surface area contributed by atoms with E-state index in [4.69, 9.17) is 9.52 Å². The highest BCUT2D eigenvalue weighted by atomic mass is 32.2. The highest BCUT2D eigenvalue weighted by Gasteiger charge is 2.10. The van der Waals surface area contributed by atoms with Crippen molar-refractivity contribution in [2.75, 3.05) is 5.75 Å². The minimum Gasteiger partial charge on any atom is -0.481 e. The summed E-state index contributed by atoms with van der Waals surface area (Å²) in [7, 11) is 0. The lowest BCUT2D eigenvalue weighted by Crippen LogP contribution is -2.02. The van der Waals surface area contributed by atoms with Crippen molar-refractivity contribution in [2.45, 2.75) is 0 Å². The van der Waals surface area contributed by atoms with Gasteiger partial charge in [-0.05, 0) is 12.1 Å². The third-order valence-electron chi connectivity index (χ3n) is 1.05. The summed E-state index contributed by atoms with van der Waals surface area (Å²) in [5.74, 6) is -1.07. The summed E-state index contributed by atoms with van der Waals surface area (Å²) in [6.07, 6.45) is 1.37. The lowest BCUT2D eigenvalue weighted by atomic mass is 10.5. The SMILES string of the molecule is O=C(O)CSC(=O)c1ccco1. The van der Waals surface area contributed by atoms with Crippen LogP contribution in [-0.2, 0) is 4.79 Å². The molecule has 1 rings (SSSR count). The highest BCUT2D eigenvalue weighted by Crippen LogP contribution is 2.11. The van der Waals surface area contributed by atoms with Gasteiger partial charge in [-0.1, -0.05) is 11.8 Å². The van der Waals surface area contributed by atoms with Gasteiger partial charge < -0.3 is 9.52 Å². The van der Waals surface area contributed by atoms with Gasteiger partial charge in [0.15, 0.2) is 5.76 Å². The highest BCUT2D eigenvalue weighted by molar-refractivity contribution is 8.14. The molecule has 64 valence electrons. The fraction of sp³-hybridized carbons (Fsp3) is 0.143. The zero-order valence-corrected chi connectivity index (χ0v) is 6.84. The Kier molecular flexibility index (Phi) is 2.93. The predicted octanol–water partition coefficient (Wildman–Crippen LogP) is 1.24. The van der Waals surface area contributed by atoms with Gasteiger partial charge in [-0.15, -0.1) is 0 Å². The van der Waals surface area contributed by atoms with E-state index in [2.05, 4.69) is 0 Å². The van der Waals surface area contributed by atoms with Gasteiger partial charge in [0.05, 0.1) is 12.0 Å². The van der Waals surface area contributed by atoms with E-state index in [1.165, 1.54) is 12.3 Å². The molecule has 0 bridgehead atoms. The van der Waals surface area contributed by atoms with Crippen LogP contribution < -0.4 is 0 Å². The number of aliphatic carboxylic acids is 1. The molecule has 0 aliphatic carbocycles.